The Bertz CT molecular complexity index is 805. The molecule has 2 aromatic rings. The first-order valence-corrected chi connectivity index (χ1v) is 12.7. The highest BCUT2D eigenvalue weighted by Gasteiger charge is 2.50. The Morgan fingerprint density at radius 1 is 1.15 bits per heavy atom. The van der Waals surface area contributed by atoms with Crippen molar-refractivity contribution in [1.82, 2.24) is 4.98 Å². The van der Waals surface area contributed by atoms with Crippen molar-refractivity contribution in [3.8, 4) is 0 Å². The maximum absolute atomic E-state index is 12.6. The fourth-order valence-corrected chi connectivity index (χ4v) is 4.38. The van der Waals surface area contributed by atoms with Crippen molar-refractivity contribution in [2.75, 3.05) is 0 Å². The Morgan fingerprint density at radius 3 is 2.22 bits per heavy atom. The Morgan fingerprint density at radius 2 is 1.74 bits per heavy atom. The number of nitrogens with zero attached hydrogens (tertiary/aromatic N) is 1. The zero-order valence-electron chi connectivity index (χ0n) is 16.8. The van der Waals surface area contributed by atoms with Crippen LogP contribution in [0.4, 0.5) is 0 Å². The first-order chi connectivity index (χ1) is 12.4. The molecule has 27 heavy (non-hydrogen) atoms. The molecule has 0 spiro atoms. The number of pyridine rings is 1. The van der Waals surface area contributed by atoms with Crippen LogP contribution in [0.25, 0.3) is 0 Å². The Kier molecular flexibility index (Phi) is 6.34. The maximum Gasteiger partial charge on any atom is 0.316 e. The van der Waals surface area contributed by atoms with Crippen molar-refractivity contribution in [1.29, 1.82) is 0 Å². The largest absolute Gasteiger partial charge is 0.481 e. The van der Waals surface area contributed by atoms with Gasteiger partial charge in [-0.15, -0.1) is 0 Å². The van der Waals surface area contributed by atoms with E-state index >= 15 is 0 Å². The van der Waals surface area contributed by atoms with Crippen LogP contribution >= 0.6 is 15.9 Å². The third-order valence-electron chi connectivity index (χ3n) is 5.59. The predicted molar refractivity (Wildman–Crippen MR) is 114 cm³/mol. The number of hydrogen-bond acceptors (Lipinski definition) is 3. The molecule has 6 heteroatoms. The van der Waals surface area contributed by atoms with Crippen molar-refractivity contribution < 1.29 is 14.3 Å². The lowest BCUT2D eigenvalue weighted by atomic mass is 9.75. The normalized spacial score (nSPS) is 15.8. The quantitative estimate of drug-likeness (QED) is 0.553. The van der Waals surface area contributed by atoms with E-state index in [1.54, 1.807) is 19.3 Å². The number of aromatic nitrogens is 1. The second-order valence-electron chi connectivity index (χ2n) is 8.57. The molecule has 0 bridgehead atoms. The number of hydrogen-bond donors (Lipinski definition) is 1. The van der Waals surface area contributed by atoms with E-state index in [1.807, 2.05) is 36.4 Å². The highest BCUT2D eigenvalue weighted by atomic mass is 79.9. The van der Waals surface area contributed by atoms with E-state index in [9.17, 15) is 9.90 Å². The average molecular weight is 450 g/mol. The molecule has 0 fully saturated rings. The van der Waals surface area contributed by atoms with Gasteiger partial charge >= 0.3 is 5.97 Å². The summed E-state index contributed by atoms with van der Waals surface area (Å²) in [5.41, 5.74) is 0.178. The van der Waals surface area contributed by atoms with Gasteiger partial charge in [0.05, 0.1) is 6.10 Å². The minimum Gasteiger partial charge on any atom is -0.481 e. The summed E-state index contributed by atoms with van der Waals surface area (Å²) >= 11 is 3.41. The Balaban J connectivity index is 2.68. The summed E-state index contributed by atoms with van der Waals surface area (Å²) < 4.78 is 7.47. The summed E-state index contributed by atoms with van der Waals surface area (Å²) in [5, 5.41) is 10.3. The van der Waals surface area contributed by atoms with Crippen molar-refractivity contribution in [3.63, 3.8) is 0 Å². The molecule has 1 aromatic carbocycles. The molecule has 0 aliphatic carbocycles. The summed E-state index contributed by atoms with van der Waals surface area (Å²) in [6.07, 6.45) is 2.63. The van der Waals surface area contributed by atoms with E-state index in [-0.39, 0.29) is 5.04 Å². The van der Waals surface area contributed by atoms with Gasteiger partial charge in [-0.2, -0.15) is 0 Å². The van der Waals surface area contributed by atoms with Crippen LogP contribution in [0.15, 0.2) is 53.3 Å². The van der Waals surface area contributed by atoms with Crippen LogP contribution in [-0.2, 0) is 14.6 Å². The minimum atomic E-state index is -2.25. The van der Waals surface area contributed by atoms with Crippen LogP contribution in [0.3, 0.4) is 0 Å². The predicted octanol–water partition coefficient (Wildman–Crippen LogP) is 5.95. The molecule has 0 saturated heterocycles. The van der Waals surface area contributed by atoms with Crippen molar-refractivity contribution in [2.45, 2.75) is 57.3 Å². The molecule has 0 amide bonds. The van der Waals surface area contributed by atoms with Gasteiger partial charge in [0.25, 0.3) is 0 Å². The molecule has 0 radical (unpaired) electrons. The van der Waals surface area contributed by atoms with Crippen LogP contribution in [-0.4, -0.2) is 24.4 Å². The smallest absolute Gasteiger partial charge is 0.316 e. The van der Waals surface area contributed by atoms with Gasteiger partial charge in [-0.1, -0.05) is 51.1 Å². The van der Waals surface area contributed by atoms with Gasteiger partial charge in [-0.25, -0.2) is 0 Å². The zero-order chi connectivity index (χ0) is 20.5. The number of rotatable bonds is 6. The van der Waals surface area contributed by atoms with Gasteiger partial charge in [0.2, 0.25) is 0 Å². The third-order valence-corrected chi connectivity index (χ3v) is 10.5. The van der Waals surface area contributed by atoms with Crippen molar-refractivity contribution >= 4 is 30.2 Å². The lowest BCUT2D eigenvalue weighted by Gasteiger charge is -2.44. The van der Waals surface area contributed by atoms with Crippen molar-refractivity contribution in [2.24, 2.45) is 0 Å². The number of aliphatic carboxylic acids is 1. The van der Waals surface area contributed by atoms with E-state index < -0.39 is 25.8 Å². The van der Waals surface area contributed by atoms with E-state index in [0.29, 0.717) is 5.56 Å². The van der Waals surface area contributed by atoms with E-state index in [4.69, 9.17) is 4.43 Å². The molecule has 2 rings (SSSR count). The number of halogens is 1. The minimum absolute atomic E-state index is 0.0467. The molecule has 146 valence electrons. The maximum atomic E-state index is 12.6. The summed E-state index contributed by atoms with van der Waals surface area (Å²) in [5.74, 6) is -0.935. The monoisotopic (exact) mass is 449 g/mol. The van der Waals surface area contributed by atoms with Gasteiger partial charge in [0, 0.05) is 16.9 Å². The van der Waals surface area contributed by atoms with E-state index in [1.165, 1.54) is 0 Å². The fraction of sp³-hybridized carbons (Fsp3) is 0.429. The van der Waals surface area contributed by atoms with Gasteiger partial charge in [0.1, 0.15) is 5.41 Å². The topological polar surface area (TPSA) is 59.4 Å². The molecule has 0 unspecified atom stereocenters. The summed E-state index contributed by atoms with van der Waals surface area (Å²) in [7, 11) is -2.25. The Hall–Kier alpha value is -1.50. The first kappa shape index (κ1) is 21.8. The molecule has 1 aromatic heterocycles. The van der Waals surface area contributed by atoms with Crippen molar-refractivity contribution in [3.05, 3.63) is 64.4 Å². The molecule has 0 saturated carbocycles. The highest BCUT2D eigenvalue weighted by molar-refractivity contribution is 9.10. The van der Waals surface area contributed by atoms with Gasteiger partial charge in [-0.05, 0) is 58.2 Å². The van der Waals surface area contributed by atoms with Gasteiger partial charge in [0.15, 0.2) is 8.32 Å². The van der Waals surface area contributed by atoms with Crippen LogP contribution in [0.1, 0.15) is 44.9 Å². The molecule has 1 N–H and O–H groups in total. The SMILES string of the molecule is CC(C)(C)[Si](C)(C)O[C@@H](c1ccccc1)[C@](C)(C(=O)O)c1cncc(Br)c1. The number of benzene rings is 1. The van der Waals surface area contributed by atoms with Gasteiger partial charge < -0.3 is 9.53 Å². The second kappa shape index (κ2) is 7.85. The van der Waals surface area contributed by atoms with Crippen LogP contribution < -0.4 is 0 Å². The van der Waals surface area contributed by atoms with Crippen LogP contribution in [0.5, 0.6) is 0 Å². The lowest BCUT2D eigenvalue weighted by Crippen LogP contribution is -2.48. The summed E-state index contributed by atoms with van der Waals surface area (Å²) in [4.78, 5) is 16.8. The van der Waals surface area contributed by atoms with Crippen LogP contribution in [0.2, 0.25) is 18.1 Å². The molecular formula is C21H28BrNO3Si. The van der Waals surface area contributed by atoms with E-state index in [2.05, 4.69) is 54.8 Å². The van der Waals surface area contributed by atoms with Crippen LogP contribution in [0, 0.1) is 0 Å². The highest BCUT2D eigenvalue weighted by Crippen LogP contribution is 2.47. The number of carboxylic acids is 1. The van der Waals surface area contributed by atoms with E-state index in [0.717, 1.165) is 10.0 Å². The lowest BCUT2D eigenvalue weighted by molar-refractivity contribution is -0.147. The zero-order valence-corrected chi connectivity index (χ0v) is 19.4. The summed E-state index contributed by atoms with van der Waals surface area (Å²) in [6, 6.07) is 11.4. The first-order valence-electron chi connectivity index (χ1n) is 8.97. The number of carboxylic acid groups (broad SMARTS) is 1. The summed E-state index contributed by atoms with van der Waals surface area (Å²) in [6.45, 7) is 12.5. The van der Waals surface area contributed by atoms with Gasteiger partial charge in [-0.3, -0.25) is 9.78 Å². The molecular weight excluding hydrogens is 422 g/mol. The molecule has 2 atom stereocenters. The third kappa shape index (κ3) is 4.50. The second-order valence-corrected chi connectivity index (χ2v) is 14.2. The number of carbonyl (C=O) groups is 1. The standard InChI is InChI=1S/C21H28BrNO3Si/c1-20(2,3)27(5,6)26-18(15-10-8-7-9-11-15)21(4,19(24)25)16-12-17(22)14-23-13-16/h7-14,18H,1-6H3,(H,24,25)/t18-,21+/m0/s1. The molecule has 4 nitrogen and oxygen atoms in total. The average Bonchev–Trinajstić information content (AvgIpc) is 2.58. The fourth-order valence-electron chi connectivity index (χ4n) is 2.70. The molecule has 1 heterocycles. The molecule has 0 aliphatic rings. The Labute approximate surface area is 171 Å². The molecule has 0 aliphatic heterocycles.